The van der Waals surface area contributed by atoms with E-state index in [9.17, 15) is 0 Å². The van der Waals surface area contributed by atoms with Gasteiger partial charge in [-0.05, 0) is 6.07 Å². The first-order valence-corrected chi connectivity index (χ1v) is 5.37. The van der Waals surface area contributed by atoms with Crippen LogP contribution in [0.25, 0.3) is 0 Å². The van der Waals surface area contributed by atoms with Crippen molar-refractivity contribution in [2.75, 3.05) is 0 Å². The first kappa shape index (κ1) is 10.8. The smallest absolute Gasteiger partial charge is 0.167 e. The lowest BCUT2D eigenvalue weighted by molar-refractivity contribution is 0.634. The molecule has 6 heteroatoms. The highest BCUT2D eigenvalue weighted by Crippen LogP contribution is 2.03. The molecule has 2 aromatic rings. The molecular weight excluding hydrogens is 222 g/mol. The van der Waals surface area contributed by atoms with E-state index < -0.39 is 0 Å². The van der Waals surface area contributed by atoms with Crippen LogP contribution in [0.5, 0.6) is 0 Å². The number of aromatic nitrogens is 4. The maximum Gasteiger partial charge on any atom is 0.167 e. The number of aryl methyl sites for hydroxylation is 3. The van der Waals surface area contributed by atoms with E-state index in [2.05, 4.69) is 10.1 Å². The van der Waals surface area contributed by atoms with Gasteiger partial charge in [0.15, 0.2) is 5.82 Å². The van der Waals surface area contributed by atoms with Gasteiger partial charge in [0.2, 0.25) is 0 Å². The van der Waals surface area contributed by atoms with Gasteiger partial charge in [0.1, 0.15) is 4.99 Å². The van der Waals surface area contributed by atoms with E-state index in [1.54, 1.807) is 12.4 Å². The maximum absolute atomic E-state index is 5.57. The fourth-order valence-electron chi connectivity index (χ4n) is 1.60. The molecule has 0 aliphatic heterocycles. The fourth-order valence-corrected chi connectivity index (χ4v) is 1.77. The van der Waals surface area contributed by atoms with Crippen LogP contribution in [0, 0.1) is 0 Å². The maximum atomic E-state index is 5.57. The lowest BCUT2D eigenvalue weighted by Gasteiger charge is -2.06. The number of nitrogens with two attached hydrogens (primary N) is 1. The molecule has 2 aromatic heterocycles. The summed E-state index contributed by atoms with van der Waals surface area (Å²) in [6.45, 7) is 0.798. The number of thiocarbonyl (C=S) groups is 1. The quantitative estimate of drug-likeness (QED) is 0.784. The van der Waals surface area contributed by atoms with E-state index in [0.29, 0.717) is 10.8 Å². The molecule has 5 nitrogen and oxygen atoms in total. The van der Waals surface area contributed by atoms with Gasteiger partial charge in [-0.2, -0.15) is 5.10 Å². The summed E-state index contributed by atoms with van der Waals surface area (Å²) in [5.41, 5.74) is 6.74. The van der Waals surface area contributed by atoms with Gasteiger partial charge in [-0.25, -0.2) is 4.98 Å². The van der Waals surface area contributed by atoms with E-state index in [4.69, 9.17) is 18.0 Å². The minimum absolute atomic E-state index is 0.329. The summed E-state index contributed by atoms with van der Waals surface area (Å²) in [6.07, 6.45) is 6.25. The molecule has 0 aliphatic carbocycles. The first-order valence-electron chi connectivity index (χ1n) is 4.96. The zero-order valence-corrected chi connectivity index (χ0v) is 9.81. The molecule has 16 heavy (non-hydrogen) atoms. The van der Waals surface area contributed by atoms with Crippen LogP contribution in [0.4, 0.5) is 0 Å². The van der Waals surface area contributed by atoms with Gasteiger partial charge in [-0.15, -0.1) is 0 Å². The van der Waals surface area contributed by atoms with E-state index in [0.717, 1.165) is 13.0 Å². The topological polar surface area (TPSA) is 61.7 Å². The van der Waals surface area contributed by atoms with Crippen LogP contribution in [-0.2, 0) is 20.0 Å². The van der Waals surface area contributed by atoms with Crippen molar-refractivity contribution < 1.29 is 0 Å². The Hall–Kier alpha value is -1.69. The van der Waals surface area contributed by atoms with Crippen LogP contribution in [-0.4, -0.2) is 24.3 Å². The molecule has 0 unspecified atom stereocenters. The average molecular weight is 235 g/mol. The Balaban J connectivity index is 2.08. The molecule has 0 atom stereocenters. The van der Waals surface area contributed by atoms with Gasteiger partial charge in [-0.3, -0.25) is 4.68 Å². The van der Waals surface area contributed by atoms with E-state index in [1.807, 2.05) is 28.6 Å². The van der Waals surface area contributed by atoms with Crippen molar-refractivity contribution >= 4 is 17.2 Å². The molecule has 0 amide bonds. The van der Waals surface area contributed by atoms with Gasteiger partial charge in [0, 0.05) is 44.3 Å². The summed E-state index contributed by atoms with van der Waals surface area (Å²) in [4.78, 5) is 4.44. The third-order valence-electron chi connectivity index (χ3n) is 2.47. The summed E-state index contributed by atoms with van der Waals surface area (Å²) >= 11 is 4.92. The Morgan fingerprint density at radius 1 is 1.50 bits per heavy atom. The van der Waals surface area contributed by atoms with Gasteiger partial charge >= 0.3 is 0 Å². The Bertz CT molecular complexity index is 499. The molecule has 0 fully saturated rings. The molecule has 0 saturated heterocycles. The van der Waals surface area contributed by atoms with Crippen molar-refractivity contribution in [3.63, 3.8) is 0 Å². The van der Waals surface area contributed by atoms with Gasteiger partial charge < -0.3 is 10.3 Å². The predicted molar refractivity (Wildman–Crippen MR) is 65.0 cm³/mol. The van der Waals surface area contributed by atoms with Crippen LogP contribution in [0.15, 0.2) is 24.7 Å². The molecule has 0 saturated carbocycles. The van der Waals surface area contributed by atoms with E-state index in [1.165, 1.54) is 5.69 Å². The standard InChI is InChI=1S/C10H13N5S/c1-14-8(2-4-13-14)3-6-15-7-5-12-10(15)9(11)16/h2,4-5,7H,3,6H2,1H3,(H2,11,16). The highest BCUT2D eigenvalue weighted by Gasteiger charge is 2.06. The lowest BCUT2D eigenvalue weighted by Crippen LogP contribution is -2.18. The normalized spacial score (nSPS) is 10.6. The minimum atomic E-state index is 0.329. The summed E-state index contributed by atoms with van der Waals surface area (Å²) in [6, 6.07) is 2.00. The summed E-state index contributed by atoms with van der Waals surface area (Å²) in [5, 5.41) is 4.12. The molecule has 0 radical (unpaired) electrons. The van der Waals surface area contributed by atoms with Crippen molar-refractivity contribution in [3.8, 4) is 0 Å². The largest absolute Gasteiger partial charge is 0.387 e. The average Bonchev–Trinajstić information content (AvgIpc) is 2.83. The summed E-state index contributed by atoms with van der Waals surface area (Å²) in [7, 11) is 1.93. The van der Waals surface area contributed by atoms with Gasteiger partial charge in [-0.1, -0.05) is 12.2 Å². The fraction of sp³-hybridized carbons (Fsp3) is 0.300. The molecule has 0 spiro atoms. The van der Waals surface area contributed by atoms with Crippen molar-refractivity contribution in [2.24, 2.45) is 12.8 Å². The molecule has 2 N–H and O–H groups in total. The Labute approximate surface area is 98.9 Å². The summed E-state index contributed by atoms with van der Waals surface area (Å²) in [5.74, 6) is 0.664. The number of nitrogens with zero attached hydrogens (tertiary/aromatic N) is 4. The SMILES string of the molecule is Cn1nccc1CCn1ccnc1C(N)=S. The highest BCUT2D eigenvalue weighted by atomic mass is 32.1. The number of hydrogen-bond acceptors (Lipinski definition) is 3. The first-order chi connectivity index (χ1) is 7.68. The lowest BCUT2D eigenvalue weighted by atomic mass is 10.3. The van der Waals surface area contributed by atoms with Gasteiger partial charge in [0.05, 0.1) is 0 Å². The number of rotatable bonds is 4. The summed E-state index contributed by atoms with van der Waals surface area (Å²) < 4.78 is 3.81. The zero-order valence-electron chi connectivity index (χ0n) is 9.00. The van der Waals surface area contributed by atoms with Crippen LogP contribution in [0.1, 0.15) is 11.5 Å². The van der Waals surface area contributed by atoms with E-state index >= 15 is 0 Å². The molecular formula is C10H13N5S. The Morgan fingerprint density at radius 2 is 2.31 bits per heavy atom. The molecule has 0 bridgehead atoms. The number of imidazole rings is 1. The van der Waals surface area contributed by atoms with Crippen molar-refractivity contribution in [1.82, 2.24) is 19.3 Å². The van der Waals surface area contributed by atoms with Crippen LogP contribution in [0.2, 0.25) is 0 Å². The monoisotopic (exact) mass is 235 g/mol. The van der Waals surface area contributed by atoms with Crippen LogP contribution >= 0.6 is 12.2 Å². The molecule has 0 aromatic carbocycles. The van der Waals surface area contributed by atoms with Crippen LogP contribution in [0.3, 0.4) is 0 Å². The van der Waals surface area contributed by atoms with Crippen molar-refractivity contribution in [1.29, 1.82) is 0 Å². The minimum Gasteiger partial charge on any atom is -0.387 e. The van der Waals surface area contributed by atoms with Crippen LogP contribution < -0.4 is 5.73 Å². The third-order valence-corrected chi connectivity index (χ3v) is 2.65. The second-order valence-electron chi connectivity index (χ2n) is 3.50. The second kappa shape index (κ2) is 4.44. The van der Waals surface area contributed by atoms with Crippen molar-refractivity contribution in [2.45, 2.75) is 13.0 Å². The van der Waals surface area contributed by atoms with Crippen molar-refractivity contribution in [3.05, 3.63) is 36.2 Å². The highest BCUT2D eigenvalue weighted by molar-refractivity contribution is 7.80. The third kappa shape index (κ3) is 2.11. The Morgan fingerprint density at radius 3 is 2.94 bits per heavy atom. The zero-order chi connectivity index (χ0) is 11.5. The second-order valence-corrected chi connectivity index (χ2v) is 3.94. The van der Waals surface area contributed by atoms with E-state index in [-0.39, 0.29) is 0 Å². The van der Waals surface area contributed by atoms with Gasteiger partial charge in [0.25, 0.3) is 0 Å². The molecule has 84 valence electrons. The predicted octanol–water partition coefficient (Wildman–Crippen LogP) is 0.494. The molecule has 2 heterocycles. The molecule has 0 aliphatic rings. The Kier molecular flexibility index (Phi) is 3.00. The molecule has 2 rings (SSSR count). The number of hydrogen-bond donors (Lipinski definition) is 1.